The van der Waals surface area contributed by atoms with E-state index >= 15 is 0 Å². The van der Waals surface area contributed by atoms with Gasteiger partial charge in [-0.2, -0.15) is 9.79 Å². The normalized spacial score (nSPS) is 15.1. The van der Waals surface area contributed by atoms with Gasteiger partial charge in [0.15, 0.2) is 12.3 Å². The fraction of sp³-hybridized carbons (Fsp3) is 0.400. The van der Waals surface area contributed by atoms with Crippen molar-refractivity contribution in [1.82, 2.24) is 0 Å². The Bertz CT molecular complexity index is 320. The maximum absolute atomic E-state index is 10.7. The first-order valence-electron chi connectivity index (χ1n) is 4.98. The molecule has 17 heavy (non-hydrogen) atoms. The van der Waals surface area contributed by atoms with Crippen molar-refractivity contribution in [3.8, 4) is 0 Å². The van der Waals surface area contributed by atoms with Crippen LogP contribution in [0.2, 0.25) is 0 Å². The van der Waals surface area contributed by atoms with E-state index < -0.39 is 24.0 Å². The topological polar surface area (TPSA) is 74.6 Å². The van der Waals surface area contributed by atoms with Crippen LogP contribution in [0.3, 0.4) is 0 Å². The average molecular weight is 294 g/mol. The minimum absolute atomic E-state index is 0.214. The molecule has 0 aromatic heterocycles. The molecule has 94 valence electrons. The van der Waals surface area contributed by atoms with Crippen LogP contribution in [0, 0.1) is 0 Å². The van der Waals surface area contributed by atoms with Gasteiger partial charge < -0.3 is 0 Å². The number of allylic oxidation sites excluding steroid dienone is 4. The summed E-state index contributed by atoms with van der Waals surface area (Å²) in [7, 11) is -5.02. The zero-order valence-corrected chi connectivity index (χ0v) is 12.2. The molecule has 0 rings (SSSR count). The lowest BCUT2D eigenvalue weighted by Gasteiger charge is -2.13. The van der Waals surface area contributed by atoms with E-state index in [1.807, 2.05) is 0 Å². The first-order valence-corrected chi connectivity index (χ1v) is 9.49. The van der Waals surface area contributed by atoms with E-state index in [1.54, 1.807) is 18.2 Å². The zero-order chi connectivity index (χ0) is 13.3. The van der Waals surface area contributed by atoms with Gasteiger partial charge in [0.05, 0.1) is 0 Å². The maximum Gasteiger partial charge on any atom is 0.505 e. The van der Waals surface area contributed by atoms with Crippen LogP contribution < -0.4 is 0 Å². The van der Waals surface area contributed by atoms with Crippen molar-refractivity contribution in [2.75, 3.05) is 24.6 Å². The van der Waals surface area contributed by atoms with Crippen molar-refractivity contribution in [1.29, 1.82) is 0 Å². The standard InChI is InChI=1S/C10H15O4P3/c1-3-5-10(4-2)15(6-8-16(11)12)7-9-17(13)14/h3-5H,1-2,6-9H2/p+2/b10-5+. The van der Waals surface area contributed by atoms with E-state index in [0.717, 1.165) is 5.31 Å². The summed E-state index contributed by atoms with van der Waals surface area (Å²) in [5.74, 6) is 0. The molecule has 4 nitrogen and oxygen atoms in total. The molecule has 2 N–H and O–H groups in total. The van der Waals surface area contributed by atoms with E-state index in [0.29, 0.717) is 12.3 Å². The van der Waals surface area contributed by atoms with Crippen LogP contribution in [0.1, 0.15) is 0 Å². The second-order valence-corrected chi connectivity index (χ2v) is 7.96. The molecule has 0 aliphatic heterocycles. The van der Waals surface area contributed by atoms with Gasteiger partial charge in [0, 0.05) is 12.3 Å². The molecule has 0 saturated carbocycles. The van der Waals surface area contributed by atoms with E-state index in [-0.39, 0.29) is 12.3 Å². The highest BCUT2D eigenvalue weighted by Crippen LogP contribution is 2.47. The van der Waals surface area contributed by atoms with Crippen molar-refractivity contribution in [2.24, 2.45) is 0 Å². The average Bonchev–Trinajstić information content (AvgIpc) is 2.26. The Balaban J connectivity index is 4.62. The highest BCUT2D eigenvalue weighted by molar-refractivity contribution is 7.63. The zero-order valence-electron chi connectivity index (χ0n) is 9.53. The van der Waals surface area contributed by atoms with E-state index in [4.69, 9.17) is 9.79 Å². The Morgan fingerprint density at radius 1 is 1.12 bits per heavy atom. The first kappa shape index (κ1) is 16.8. The first-order chi connectivity index (χ1) is 8.01. The molecule has 0 spiro atoms. The molecule has 2 unspecified atom stereocenters. The molecule has 0 aliphatic carbocycles. The fourth-order valence-electron chi connectivity index (χ4n) is 1.21. The second-order valence-electron chi connectivity index (χ2n) is 3.17. The molecule has 7 heteroatoms. The Morgan fingerprint density at radius 3 is 1.88 bits per heavy atom. The van der Waals surface area contributed by atoms with Crippen LogP contribution in [-0.4, -0.2) is 34.4 Å². The molecule has 0 amide bonds. The summed E-state index contributed by atoms with van der Waals surface area (Å²) in [6, 6.07) is 0. The molecule has 0 heterocycles. The summed E-state index contributed by atoms with van der Waals surface area (Å²) < 4.78 is 21.4. The fourth-order valence-corrected chi connectivity index (χ4v) is 5.82. The van der Waals surface area contributed by atoms with Gasteiger partial charge in [0.2, 0.25) is 0 Å². The van der Waals surface area contributed by atoms with Gasteiger partial charge in [-0.3, -0.25) is 0 Å². The number of hydrogen-bond acceptors (Lipinski definition) is 2. The van der Waals surface area contributed by atoms with Crippen molar-refractivity contribution in [2.45, 2.75) is 0 Å². The summed E-state index contributed by atoms with van der Waals surface area (Å²) in [5, 5.41) is 0.948. The minimum atomic E-state index is -2.15. The third-order valence-electron chi connectivity index (χ3n) is 1.99. The SMILES string of the molecule is C=C/C=C(\C=C)P(CC[P+](=O)O)CC[P+](=O)O. The van der Waals surface area contributed by atoms with Gasteiger partial charge >= 0.3 is 16.1 Å². The van der Waals surface area contributed by atoms with Gasteiger partial charge in [-0.25, -0.2) is 0 Å². The van der Waals surface area contributed by atoms with Crippen LogP contribution in [0.15, 0.2) is 36.7 Å². The van der Waals surface area contributed by atoms with Crippen molar-refractivity contribution < 1.29 is 18.9 Å². The van der Waals surface area contributed by atoms with Crippen LogP contribution >= 0.6 is 24.0 Å². The highest BCUT2D eigenvalue weighted by Gasteiger charge is 2.22. The van der Waals surface area contributed by atoms with Gasteiger partial charge in [0.1, 0.15) is 0 Å². The number of rotatable bonds is 9. The van der Waals surface area contributed by atoms with Crippen LogP contribution in [0.5, 0.6) is 0 Å². The largest absolute Gasteiger partial charge is 0.505 e. The van der Waals surface area contributed by atoms with E-state index in [1.165, 1.54) is 0 Å². The number of hydrogen-bond donors (Lipinski definition) is 2. The van der Waals surface area contributed by atoms with E-state index in [9.17, 15) is 9.13 Å². The predicted molar refractivity (Wildman–Crippen MR) is 74.5 cm³/mol. The molecule has 0 fully saturated rings. The van der Waals surface area contributed by atoms with Crippen molar-refractivity contribution >= 4 is 24.0 Å². The smallest absolute Gasteiger partial charge is 0.161 e. The van der Waals surface area contributed by atoms with Crippen LogP contribution in [-0.2, 0) is 9.13 Å². The molecular weight excluding hydrogens is 277 g/mol. The molecule has 0 bridgehead atoms. The summed E-state index contributed by atoms with van der Waals surface area (Å²) in [5.41, 5.74) is 0. The molecule has 2 atom stereocenters. The van der Waals surface area contributed by atoms with Gasteiger partial charge in [0.25, 0.3) is 0 Å². The third-order valence-corrected chi connectivity index (χ3v) is 6.49. The van der Waals surface area contributed by atoms with Crippen molar-refractivity contribution in [3.05, 3.63) is 36.7 Å². The quantitative estimate of drug-likeness (QED) is 0.506. The lowest BCUT2D eigenvalue weighted by atomic mass is 10.5. The predicted octanol–water partition coefficient (Wildman–Crippen LogP) is 3.19. The van der Waals surface area contributed by atoms with Crippen LogP contribution in [0.25, 0.3) is 0 Å². The van der Waals surface area contributed by atoms with Gasteiger partial charge in [-0.15, -0.1) is 0 Å². The summed E-state index contributed by atoms with van der Waals surface area (Å²) in [6.07, 6.45) is 6.67. The third kappa shape index (κ3) is 8.49. The Labute approximate surface area is 105 Å². The highest BCUT2D eigenvalue weighted by atomic mass is 31.1. The molecular formula is C10H17O4P3+2. The Kier molecular flexibility index (Phi) is 9.63. The molecule has 0 radical (unpaired) electrons. The molecule has 0 aliphatic rings. The minimum Gasteiger partial charge on any atom is -0.161 e. The summed E-state index contributed by atoms with van der Waals surface area (Å²) in [4.78, 5) is 17.6. The summed E-state index contributed by atoms with van der Waals surface area (Å²) >= 11 is 0. The Morgan fingerprint density at radius 2 is 1.59 bits per heavy atom. The summed E-state index contributed by atoms with van der Waals surface area (Å²) in [6.45, 7) is 7.28. The second kappa shape index (κ2) is 9.76. The maximum atomic E-state index is 10.7. The lowest BCUT2D eigenvalue weighted by molar-refractivity contribution is 0.503. The van der Waals surface area contributed by atoms with Crippen LogP contribution in [0.4, 0.5) is 0 Å². The van der Waals surface area contributed by atoms with Gasteiger partial charge in [-0.1, -0.05) is 39.3 Å². The molecule has 0 saturated heterocycles. The molecule has 0 aromatic rings. The molecule has 0 aromatic carbocycles. The van der Waals surface area contributed by atoms with Crippen molar-refractivity contribution in [3.63, 3.8) is 0 Å². The Hall–Kier alpha value is -0.230. The van der Waals surface area contributed by atoms with Gasteiger partial charge in [-0.05, 0) is 14.4 Å². The monoisotopic (exact) mass is 294 g/mol. The van der Waals surface area contributed by atoms with E-state index in [2.05, 4.69) is 13.2 Å². The lowest BCUT2D eigenvalue weighted by Crippen LogP contribution is -1.97.